The SMILES string of the molecule is C[C@@H]1OCC(=O)[C@@H]1NC(=O)[C@@H](CC1CCCCC1)SCc1ccco1. The van der Waals surface area contributed by atoms with E-state index in [2.05, 4.69) is 5.32 Å². The molecule has 1 N–H and O–H groups in total. The Hall–Kier alpha value is -1.27. The first kappa shape index (κ1) is 18.5. The summed E-state index contributed by atoms with van der Waals surface area (Å²) in [5.41, 5.74) is 0. The molecule has 1 aromatic heterocycles. The van der Waals surface area contributed by atoms with Crippen LogP contribution in [0.25, 0.3) is 0 Å². The summed E-state index contributed by atoms with van der Waals surface area (Å²) < 4.78 is 10.7. The fourth-order valence-corrected chi connectivity index (χ4v) is 4.82. The number of Topliss-reactive ketones (excluding diaryl/α,β-unsaturated/α-hetero) is 1. The summed E-state index contributed by atoms with van der Waals surface area (Å²) in [6.07, 6.45) is 8.50. The van der Waals surface area contributed by atoms with E-state index in [1.165, 1.54) is 32.1 Å². The topological polar surface area (TPSA) is 68.5 Å². The minimum atomic E-state index is -0.509. The lowest BCUT2D eigenvalue weighted by atomic mass is 9.86. The molecular formula is C19H27NO4S. The van der Waals surface area contributed by atoms with Gasteiger partial charge in [0.15, 0.2) is 5.78 Å². The molecule has 5 nitrogen and oxygen atoms in total. The summed E-state index contributed by atoms with van der Waals surface area (Å²) in [5.74, 6) is 2.07. The number of nitrogens with one attached hydrogen (secondary N) is 1. The van der Waals surface area contributed by atoms with Crippen LogP contribution in [-0.2, 0) is 20.1 Å². The number of thioether (sulfide) groups is 1. The standard InChI is InChI=1S/C19H27NO4S/c1-13-18(16(21)11-24-13)20-19(22)17(10-14-6-3-2-4-7-14)25-12-15-8-5-9-23-15/h5,8-9,13-14,17-18H,2-4,6-7,10-12H2,1H3,(H,20,22)/t13-,17+,18+/m0/s1. The maximum absolute atomic E-state index is 12.9. The van der Waals surface area contributed by atoms with Crippen LogP contribution in [0.15, 0.2) is 22.8 Å². The van der Waals surface area contributed by atoms with E-state index in [1.54, 1.807) is 18.0 Å². The molecule has 2 aliphatic rings. The summed E-state index contributed by atoms with van der Waals surface area (Å²) in [4.78, 5) is 24.8. The van der Waals surface area contributed by atoms with Crippen molar-refractivity contribution in [2.24, 2.45) is 5.92 Å². The predicted octanol–water partition coefficient (Wildman–Crippen LogP) is 3.32. The number of hydrogen-bond acceptors (Lipinski definition) is 5. The third-order valence-corrected chi connectivity index (χ3v) is 6.43. The van der Waals surface area contributed by atoms with E-state index in [-0.39, 0.29) is 29.7 Å². The Labute approximate surface area is 153 Å². The van der Waals surface area contributed by atoms with Crippen molar-refractivity contribution in [1.82, 2.24) is 5.32 Å². The zero-order valence-corrected chi connectivity index (χ0v) is 15.6. The lowest BCUT2D eigenvalue weighted by Crippen LogP contribution is -2.47. The number of carbonyl (C=O) groups is 2. The highest BCUT2D eigenvalue weighted by Gasteiger charge is 2.36. The molecule has 6 heteroatoms. The van der Waals surface area contributed by atoms with Crippen LogP contribution in [0.4, 0.5) is 0 Å². The maximum atomic E-state index is 12.9. The van der Waals surface area contributed by atoms with Crippen LogP contribution in [0, 0.1) is 5.92 Å². The van der Waals surface area contributed by atoms with Crippen molar-refractivity contribution in [2.45, 2.75) is 68.6 Å². The van der Waals surface area contributed by atoms with Gasteiger partial charge >= 0.3 is 0 Å². The average molecular weight is 365 g/mol. The molecule has 0 unspecified atom stereocenters. The van der Waals surface area contributed by atoms with Crippen LogP contribution < -0.4 is 5.32 Å². The van der Waals surface area contributed by atoms with Crippen LogP contribution in [0.2, 0.25) is 0 Å². The fraction of sp³-hybridized carbons (Fsp3) is 0.684. The van der Waals surface area contributed by atoms with Crippen LogP contribution in [0.3, 0.4) is 0 Å². The third kappa shape index (κ3) is 5.11. The Bertz CT molecular complexity index is 568. The van der Waals surface area contributed by atoms with Gasteiger partial charge in [-0.1, -0.05) is 32.1 Å². The quantitative estimate of drug-likeness (QED) is 0.803. The molecule has 0 radical (unpaired) electrons. The number of ketones is 1. The Morgan fingerprint density at radius 1 is 1.36 bits per heavy atom. The first-order chi connectivity index (χ1) is 12.1. The van der Waals surface area contributed by atoms with Gasteiger partial charge in [0.25, 0.3) is 0 Å². The molecule has 3 rings (SSSR count). The Morgan fingerprint density at radius 2 is 2.16 bits per heavy atom. The zero-order valence-electron chi connectivity index (χ0n) is 14.7. The Kier molecular flexibility index (Phi) is 6.59. The predicted molar refractivity (Wildman–Crippen MR) is 97.3 cm³/mol. The molecule has 1 aliphatic heterocycles. The van der Waals surface area contributed by atoms with Crippen molar-refractivity contribution < 1.29 is 18.7 Å². The second kappa shape index (κ2) is 8.90. The minimum absolute atomic E-state index is 0.0340. The summed E-state index contributed by atoms with van der Waals surface area (Å²) in [6, 6.07) is 3.28. The van der Waals surface area contributed by atoms with Crippen molar-refractivity contribution in [3.8, 4) is 0 Å². The summed E-state index contributed by atoms with van der Waals surface area (Å²) >= 11 is 1.61. The number of carbonyl (C=O) groups excluding carboxylic acids is 2. The number of amides is 1. The minimum Gasteiger partial charge on any atom is -0.468 e. The van der Waals surface area contributed by atoms with E-state index in [0.29, 0.717) is 11.7 Å². The molecule has 1 aromatic rings. The van der Waals surface area contributed by atoms with Crippen molar-refractivity contribution >= 4 is 23.5 Å². The van der Waals surface area contributed by atoms with Crippen molar-refractivity contribution in [2.75, 3.05) is 6.61 Å². The smallest absolute Gasteiger partial charge is 0.233 e. The molecule has 0 aromatic carbocycles. The second-order valence-corrected chi connectivity index (χ2v) is 8.28. The monoisotopic (exact) mass is 365 g/mol. The largest absolute Gasteiger partial charge is 0.468 e. The van der Waals surface area contributed by atoms with Crippen LogP contribution in [0.1, 0.15) is 51.2 Å². The molecule has 1 aliphatic carbocycles. The lowest BCUT2D eigenvalue weighted by molar-refractivity contribution is -0.126. The molecule has 2 fully saturated rings. The van der Waals surface area contributed by atoms with E-state index >= 15 is 0 Å². The Balaban J connectivity index is 1.61. The highest BCUT2D eigenvalue weighted by atomic mass is 32.2. The first-order valence-corrected chi connectivity index (χ1v) is 10.3. The summed E-state index contributed by atoms with van der Waals surface area (Å²) in [6.45, 7) is 1.93. The van der Waals surface area contributed by atoms with Gasteiger partial charge in [-0.25, -0.2) is 0 Å². The van der Waals surface area contributed by atoms with Crippen LogP contribution >= 0.6 is 11.8 Å². The van der Waals surface area contributed by atoms with Crippen molar-refractivity contribution in [3.05, 3.63) is 24.2 Å². The van der Waals surface area contributed by atoms with Crippen molar-refractivity contribution in [3.63, 3.8) is 0 Å². The molecule has 1 amide bonds. The fourth-order valence-electron chi connectivity index (χ4n) is 3.66. The first-order valence-electron chi connectivity index (χ1n) is 9.22. The molecule has 2 heterocycles. The van der Waals surface area contributed by atoms with Crippen LogP contribution in [0.5, 0.6) is 0 Å². The highest BCUT2D eigenvalue weighted by molar-refractivity contribution is 7.99. The number of furan rings is 1. The molecule has 0 spiro atoms. The maximum Gasteiger partial charge on any atom is 0.233 e. The Morgan fingerprint density at radius 3 is 2.80 bits per heavy atom. The number of ether oxygens (including phenoxy) is 1. The zero-order chi connectivity index (χ0) is 17.6. The summed E-state index contributed by atoms with van der Waals surface area (Å²) in [7, 11) is 0. The van der Waals surface area contributed by atoms with Gasteiger partial charge in [0.05, 0.1) is 23.4 Å². The van der Waals surface area contributed by atoms with Gasteiger partial charge < -0.3 is 14.5 Å². The molecule has 0 bridgehead atoms. The average Bonchev–Trinajstić information content (AvgIpc) is 3.24. The van der Waals surface area contributed by atoms with Gasteiger partial charge in [-0.3, -0.25) is 9.59 Å². The van der Waals surface area contributed by atoms with Crippen molar-refractivity contribution in [1.29, 1.82) is 0 Å². The van der Waals surface area contributed by atoms with Gasteiger partial charge in [0.1, 0.15) is 18.4 Å². The van der Waals surface area contributed by atoms with E-state index in [9.17, 15) is 9.59 Å². The number of hydrogen-bond donors (Lipinski definition) is 1. The van der Waals surface area contributed by atoms with Gasteiger partial charge in [-0.05, 0) is 31.4 Å². The van der Waals surface area contributed by atoms with E-state index < -0.39 is 6.04 Å². The van der Waals surface area contributed by atoms with Gasteiger partial charge in [-0.2, -0.15) is 0 Å². The van der Waals surface area contributed by atoms with E-state index in [1.807, 2.05) is 19.1 Å². The van der Waals surface area contributed by atoms with Crippen LogP contribution in [-0.4, -0.2) is 35.7 Å². The molecule has 138 valence electrons. The molecule has 3 atom stereocenters. The van der Waals surface area contributed by atoms with E-state index in [0.717, 1.165) is 12.2 Å². The second-order valence-electron chi connectivity index (χ2n) is 7.09. The molecular weight excluding hydrogens is 338 g/mol. The highest BCUT2D eigenvalue weighted by Crippen LogP contribution is 2.32. The lowest BCUT2D eigenvalue weighted by Gasteiger charge is -2.26. The normalized spacial score (nSPS) is 25.9. The number of rotatable bonds is 7. The third-order valence-electron chi connectivity index (χ3n) is 5.17. The molecule has 1 saturated heterocycles. The molecule has 25 heavy (non-hydrogen) atoms. The van der Waals surface area contributed by atoms with Gasteiger partial charge in [0, 0.05) is 0 Å². The van der Waals surface area contributed by atoms with E-state index in [4.69, 9.17) is 9.15 Å². The van der Waals surface area contributed by atoms with Gasteiger partial charge in [-0.15, -0.1) is 11.8 Å². The molecule has 1 saturated carbocycles. The van der Waals surface area contributed by atoms with Gasteiger partial charge in [0.2, 0.25) is 5.91 Å². The summed E-state index contributed by atoms with van der Waals surface area (Å²) in [5, 5.41) is 2.77.